The third-order valence-corrected chi connectivity index (χ3v) is 2.86. The molecule has 0 N–H and O–H groups in total. The van der Waals surface area contributed by atoms with E-state index in [0.717, 1.165) is 9.85 Å². The zero-order valence-electron chi connectivity index (χ0n) is 4.65. The first-order valence-corrected chi connectivity index (χ1v) is 4.28. The third-order valence-electron chi connectivity index (χ3n) is 1.04. The van der Waals surface area contributed by atoms with Crippen LogP contribution in [0.25, 0.3) is 0 Å². The third kappa shape index (κ3) is 3.64. The van der Waals surface area contributed by atoms with Crippen molar-refractivity contribution in [3.05, 3.63) is 0 Å². The summed E-state index contributed by atoms with van der Waals surface area (Å²) in [7, 11) is 0. The predicted octanol–water partition coefficient (Wildman–Crippen LogP) is 1.84. The molecular weight excluding hydrogens is 223 g/mol. The normalized spacial score (nSPS) is 18.9. The van der Waals surface area contributed by atoms with Gasteiger partial charge in [-0.25, -0.2) is 0 Å². The molecule has 0 aliphatic rings. The number of rotatable bonds is 2. The van der Waals surface area contributed by atoms with Crippen LogP contribution in [0.15, 0.2) is 0 Å². The van der Waals surface area contributed by atoms with Gasteiger partial charge in [-0.15, -0.1) is 0 Å². The summed E-state index contributed by atoms with van der Waals surface area (Å²) >= 11 is 7.67. The Kier molecular flexibility index (Phi) is 4.63. The fourth-order valence-corrected chi connectivity index (χ4v) is 0.999. The minimum absolute atomic E-state index is 0.673. The Morgan fingerprint density at radius 3 is 2.00 bits per heavy atom. The molecule has 43 valence electrons. The van der Waals surface area contributed by atoms with Gasteiger partial charge in [0.15, 0.2) is 0 Å². The van der Waals surface area contributed by atoms with E-state index in [1.807, 2.05) is 0 Å². The van der Waals surface area contributed by atoms with Gasteiger partial charge >= 0.3 is 63.5 Å². The molecule has 0 rings (SSSR count). The maximum absolute atomic E-state index is 5.55. The summed E-state index contributed by atoms with van der Waals surface area (Å²) in [6.07, 6.45) is 0. The SMILES string of the molecule is CC([Te])C(C)CCl. The van der Waals surface area contributed by atoms with Crippen LogP contribution in [0.3, 0.4) is 0 Å². The molecule has 0 saturated carbocycles. The topological polar surface area (TPSA) is 0 Å². The van der Waals surface area contributed by atoms with Crippen molar-refractivity contribution >= 4 is 33.9 Å². The molecule has 0 aromatic heterocycles. The molecule has 7 heavy (non-hydrogen) atoms. The minimum atomic E-state index is 0.673. The molecule has 2 atom stereocenters. The van der Waals surface area contributed by atoms with E-state index in [0.29, 0.717) is 5.92 Å². The summed E-state index contributed by atoms with van der Waals surface area (Å²) in [5.74, 6) is 1.46. The zero-order chi connectivity index (χ0) is 5.86. The predicted molar refractivity (Wildman–Crippen MR) is 35.1 cm³/mol. The average Bonchev–Trinajstić information content (AvgIpc) is 1.65. The van der Waals surface area contributed by atoms with Gasteiger partial charge < -0.3 is 0 Å². The van der Waals surface area contributed by atoms with Crippen molar-refractivity contribution in [2.75, 3.05) is 5.88 Å². The molecule has 0 amide bonds. The second-order valence-corrected chi connectivity index (χ2v) is 4.27. The standard InChI is InChI=1S/C5H10ClTe/c1-4(3-6)5(2)7/h4-5H,3H2,1-2H3. The van der Waals surface area contributed by atoms with Crippen LogP contribution in [0, 0.1) is 5.92 Å². The first kappa shape index (κ1) is 8.08. The average molecular weight is 233 g/mol. The van der Waals surface area contributed by atoms with Crippen molar-refractivity contribution in [2.24, 2.45) is 5.92 Å². The molecule has 0 spiro atoms. The van der Waals surface area contributed by atoms with Gasteiger partial charge in [-0.3, -0.25) is 0 Å². The molecule has 2 heteroatoms. The summed E-state index contributed by atoms with van der Waals surface area (Å²) in [4.78, 5) is 0. The number of hydrogen-bond acceptors (Lipinski definition) is 0. The first-order chi connectivity index (χ1) is 3.18. The van der Waals surface area contributed by atoms with Crippen molar-refractivity contribution in [3.63, 3.8) is 0 Å². The van der Waals surface area contributed by atoms with Crippen molar-refractivity contribution in [1.82, 2.24) is 0 Å². The van der Waals surface area contributed by atoms with Gasteiger partial charge in [0.1, 0.15) is 0 Å². The Morgan fingerprint density at radius 2 is 2.00 bits per heavy atom. The maximum atomic E-state index is 5.55. The van der Waals surface area contributed by atoms with Crippen molar-refractivity contribution < 1.29 is 0 Å². The summed E-state index contributed by atoms with van der Waals surface area (Å²) in [6, 6.07) is 0. The van der Waals surface area contributed by atoms with E-state index in [-0.39, 0.29) is 0 Å². The van der Waals surface area contributed by atoms with Gasteiger partial charge in [-0.2, -0.15) is 0 Å². The van der Waals surface area contributed by atoms with E-state index in [9.17, 15) is 0 Å². The molecule has 0 aliphatic heterocycles. The molecule has 0 aromatic rings. The van der Waals surface area contributed by atoms with E-state index in [1.54, 1.807) is 0 Å². The summed E-state index contributed by atoms with van der Waals surface area (Å²) in [5, 5.41) is 0. The monoisotopic (exact) mass is 235 g/mol. The molecule has 1 radical (unpaired) electrons. The van der Waals surface area contributed by atoms with Crippen LogP contribution >= 0.6 is 11.6 Å². The number of halogens is 1. The van der Waals surface area contributed by atoms with Gasteiger partial charge in [0.05, 0.1) is 0 Å². The fraction of sp³-hybridized carbons (Fsp3) is 1.00. The molecule has 0 aromatic carbocycles. The Morgan fingerprint density at radius 1 is 1.57 bits per heavy atom. The summed E-state index contributed by atoms with van der Waals surface area (Å²) < 4.78 is 0.744. The van der Waals surface area contributed by atoms with Gasteiger partial charge in [0.25, 0.3) is 0 Å². The van der Waals surface area contributed by atoms with Gasteiger partial charge in [0.2, 0.25) is 0 Å². The van der Waals surface area contributed by atoms with Crippen LogP contribution in [0.5, 0.6) is 0 Å². The Bertz CT molecular complexity index is 45.3. The Labute approximate surface area is 63.5 Å². The van der Waals surface area contributed by atoms with Crippen LogP contribution in [-0.4, -0.2) is 28.2 Å². The molecular formula is C5H10ClTe. The molecule has 0 fully saturated rings. The quantitative estimate of drug-likeness (QED) is 0.504. The molecule has 2 unspecified atom stereocenters. The molecule has 0 heterocycles. The van der Waals surface area contributed by atoms with Gasteiger partial charge in [0, 0.05) is 0 Å². The van der Waals surface area contributed by atoms with Crippen LogP contribution < -0.4 is 0 Å². The second kappa shape index (κ2) is 4.01. The first-order valence-electron chi connectivity index (χ1n) is 2.40. The number of alkyl halides is 1. The fourth-order valence-electron chi connectivity index (χ4n) is 0.125. The van der Waals surface area contributed by atoms with Gasteiger partial charge in [-0.05, 0) is 0 Å². The Balaban J connectivity index is 3.14. The van der Waals surface area contributed by atoms with Crippen LogP contribution in [0.2, 0.25) is 3.97 Å². The van der Waals surface area contributed by atoms with E-state index >= 15 is 0 Å². The van der Waals surface area contributed by atoms with Gasteiger partial charge in [-0.1, -0.05) is 0 Å². The molecule has 0 aliphatic carbocycles. The second-order valence-electron chi connectivity index (χ2n) is 1.84. The van der Waals surface area contributed by atoms with Crippen LogP contribution in [0.1, 0.15) is 13.8 Å². The molecule has 0 bridgehead atoms. The van der Waals surface area contributed by atoms with E-state index in [4.69, 9.17) is 11.6 Å². The summed E-state index contributed by atoms with van der Waals surface area (Å²) in [5.41, 5.74) is 0. The zero-order valence-corrected chi connectivity index (χ0v) is 7.73. The number of hydrogen-bond donors (Lipinski definition) is 0. The molecule has 0 saturated heterocycles. The molecule has 0 nitrogen and oxygen atoms in total. The van der Waals surface area contributed by atoms with E-state index in [2.05, 4.69) is 36.1 Å². The van der Waals surface area contributed by atoms with Crippen LogP contribution in [0.4, 0.5) is 0 Å². The van der Waals surface area contributed by atoms with Crippen molar-refractivity contribution in [1.29, 1.82) is 0 Å². The van der Waals surface area contributed by atoms with Crippen molar-refractivity contribution in [3.8, 4) is 0 Å². The summed E-state index contributed by atoms with van der Waals surface area (Å²) in [6.45, 7) is 4.36. The Hall–Kier alpha value is 1.08. The van der Waals surface area contributed by atoms with E-state index in [1.165, 1.54) is 0 Å². The van der Waals surface area contributed by atoms with Crippen LogP contribution in [-0.2, 0) is 0 Å². The van der Waals surface area contributed by atoms with E-state index < -0.39 is 0 Å². The van der Waals surface area contributed by atoms with Crippen molar-refractivity contribution in [2.45, 2.75) is 17.8 Å².